The summed E-state index contributed by atoms with van der Waals surface area (Å²) in [5.41, 5.74) is 5.57. The smallest absolute Gasteiger partial charge is 0.0808 e. The number of hydrogen-bond donors (Lipinski definition) is 2. The molecule has 78 valence electrons. The van der Waals surface area contributed by atoms with Crippen LogP contribution in [-0.2, 0) is 4.74 Å². The molecular formula is C10H21NO2. The number of rotatable bonds is 4. The Balaban J connectivity index is 2.41. The highest BCUT2D eigenvalue weighted by Gasteiger charge is 2.37. The summed E-state index contributed by atoms with van der Waals surface area (Å²) in [7, 11) is 0. The van der Waals surface area contributed by atoms with Crippen LogP contribution in [0.4, 0.5) is 0 Å². The van der Waals surface area contributed by atoms with Gasteiger partial charge in [-0.15, -0.1) is 0 Å². The maximum absolute atomic E-state index is 9.12. The molecule has 0 spiro atoms. The van der Waals surface area contributed by atoms with Crippen LogP contribution in [0.3, 0.4) is 0 Å². The van der Waals surface area contributed by atoms with E-state index in [-0.39, 0.29) is 11.7 Å². The van der Waals surface area contributed by atoms with E-state index in [2.05, 4.69) is 6.92 Å². The van der Waals surface area contributed by atoms with Gasteiger partial charge in [-0.2, -0.15) is 0 Å². The highest BCUT2D eigenvalue weighted by Crippen LogP contribution is 2.36. The molecule has 0 aromatic rings. The molecule has 0 amide bonds. The van der Waals surface area contributed by atoms with Crippen molar-refractivity contribution in [1.82, 2.24) is 0 Å². The number of aliphatic hydroxyl groups excluding tert-OH is 1. The number of hydrogen-bond acceptors (Lipinski definition) is 3. The molecule has 13 heavy (non-hydrogen) atoms. The zero-order chi connectivity index (χ0) is 9.90. The Kier molecular flexibility index (Phi) is 3.71. The third-order valence-electron chi connectivity index (χ3n) is 2.82. The van der Waals surface area contributed by atoms with Crippen molar-refractivity contribution in [2.75, 3.05) is 13.2 Å². The summed E-state index contributed by atoms with van der Waals surface area (Å²) in [6.45, 7) is 4.94. The van der Waals surface area contributed by atoms with Crippen molar-refractivity contribution < 1.29 is 9.84 Å². The van der Waals surface area contributed by atoms with E-state index in [1.807, 2.05) is 0 Å². The van der Waals surface area contributed by atoms with E-state index in [0.717, 1.165) is 12.8 Å². The van der Waals surface area contributed by atoms with Gasteiger partial charge in [0, 0.05) is 6.54 Å². The fourth-order valence-corrected chi connectivity index (χ4v) is 2.02. The average Bonchev–Trinajstić information content (AvgIpc) is 2.45. The van der Waals surface area contributed by atoms with Gasteiger partial charge < -0.3 is 15.6 Å². The second-order valence-corrected chi connectivity index (χ2v) is 4.40. The van der Waals surface area contributed by atoms with Crippen molar-refractivity contribution >= 4 is 0 Å². The first kappa shape index (κ1) is 11.0. The molecule has 1 rings (SSSR count). The lowest BCUT2D eigenvalue weighted by molar-refractivity contribution is -0.0685. The third kappa shape index (κ3) is 2.93. The molecule has 0 bridgehead atoms. The second-order valence-electron chi connectivity index (χ2n) is 4.40. The van der Waals surface area contributed by atoms with Gasteiger partial charge in [-0.3, -0.25) is 0 Å². The summed E-state index contributed by atoms with van der Waals surface area (Å²) >= 11 is 0. The fourth-order valence-electron chi connectivity index (χ4n) is 2.02. The monoisotopic (exact) mass is 187 g/mol. The zero-order valence-corrected chi connectivity index (χ0v) is 8.62. The van der Waals surface area contributed by atoms with Crippen molar-refractivity contribution in [2.45, 2.75) is 44.8 Å². The molecule has 1 saturated carbocycles. The predicted molar refractivity (Wildman–Crippen MR) is 52.4 cm³/mol. The summed E-state index contributed by atoms with van der Waals surface area (Å²) in [6, 6.07) is 0. The zero-order valence-electron chi connectivity index (χ0n) is 8.62. The van der Waals surface area contributed by atoms with Crippen molar-refractivity contribution in [3.63, 3.8) is 0 Å². The van der Waals surface area contributed by atoms with Crippen molar-refractivity contribution in [1.29, 1.82) is 0 Å². The summed E-state index contributed by atoms with van der Waals surface area (Å²) in [4.78, 5) is 0. The maximum Gasteiger partial charge on any atom is 0.0808 e. The lowest BCUT2D eigenvalue weighted by Gasteiger charge is -2.28. The minimum absolute atomic E-state index is 0.142. The van der Waals surface area contributed by atoms with Gasteiger partial charge in [-0.25, -0.2) is 0 Å². The summed E-state index contributed by atoms with van der Waals surface area (Å²) in [5.74, 6) is 0.706. The van der Waals surface area contributed by atoms with Gasteiger partial charge in [-0.1, -0.05) is 6.92 Å². The molecule has 0 radical (unpaired) electrons. The molecule has 0 aromatic carbocycles. The van der Waals surface area contributed by atoms with Crippen LogP contribution in [0.15, 0.2) is 0 Å². The molecule has 3 atom stereocenters. The summed E-state index contributed by atoms with van der Waals surface area (Å²) < 4.78 is 5.70. The van der Waals surface area contributed by atoms with Gasteiger partial charge in [0.15, 0.2) is 0 Å². The highest BCUT2D eigenvalue weighted by molar-refractivity contribution is 4.90. The predicted octanol–water partition coefficient (Wildman–Crippen LogP) is 0.901. The lowest BCUT2D eigenvalue weighted by atomic mass is 10.0. The molecule has 1 aliphatic rings. The van der Waals surface area contributed by atoms with Gasteiger partial charge in [0.05, 0.1) is 18.3 Å². The first-order chi connectivity index (χ1) is 6.08. The van der Waals surface area contributed by atoms with Gasteiger partial charge in [0.25, 0.3) is 0 Å². The Morgan fingerprint density at radius 1 is 1.69 bits per heavy atom. The van der Waals surface area contributed by atoms with Crippen molar-refractivity contribution in [3.05, 3.63) is 0 Å². The molecule has 0 saturated heterocycles. The van der Waals surface area contributed by atoms with Crippen LogP contribution in [0.1, 0.15) is 33.1 Å². The molecule has 3 unspecified atom stereocenters. The maximum atomic E-state index is 9.12. The number of aliphatic hydroxyl groups is 1. The van der Waals surface area contributed by atoms with Gasteiger partial charge in [-0.05, 0) is 32.1 Å². The number of ether oxygens (including phenoxy) is 1. The quantitative estimate of drug-likeness (QED) is 0.687. The molecule has 3 N–H and O–H groups in total. The fraction of sp³-hybridized carbons (Fsp3) is 1.00. The lowest BCUT2D eigenvalue weighted by Crippen LogP contribution is -2.40. The second kappa shape index (κ2) is 4.40. The number of nitrogens with two attached hydrogens (primary N) is 1. The molecular weight excluding hydrogens is 166 g/mol. The molecule has 0 aromatic heterocycles. The van der Waals surface area contributed by atoms with E-state index in [4.69, 9.17) is 15.6 Å². The molecule has 0 aliphatic heterocycles. The van der Waals surface area contributed by atoms with E-state index in [1.54, 1.807) is 6.92 Å². The Morgan fingerprint density at radius 2 is 2.38 bits per heavy atom. The van der Waals surface area contributed by atoms with E-state index in [1.165, 1.54) is 6.42 Å². The highest BCUT2D eigenvalue weighted by atomic mass is 16.5. The molecule has 1 aliphatic carbocycles. The van der Waals surface area contributed by atoms with E-state index in [0.29, 0.717) is 19.1 Å². The van der Waals surface area contributed by atoms with Crippen LogP contribution < -0.4 is 5.73 Å². The van der Waals surface area contributed by atoms with Gasteiger partial charge in [0.2, 0.25) is 0 Å². The van der Waals surface area contributed by atoms with Crippen LogP contribution in [0.5, 0.6) is 0 Å². The Bertz CT molecular complexity index is 161. The summed E-state index contributed by atoms with van der Waals surface area (Å²) in [6.07, 6.45) is 2.88. The molecule has 1 fully saturated rings. The minimum Gasteiger partial charge on any atom is -0.391 e. The van der Waals surface area contributed by atoms with Crippen LogP contribution in [0.25, 0.3) is 0 Å². The summed E-state index contributed by atoms with van der Waals surface area (Å²) in [5, 5.41) is 9.12. The first-order valence-electron chi connectivity index (χ1n) is 5.10. The van der Waals surface area contributed by atoms with Gasteiger partial charge >= 0.3 is 0 Å². The average molecular weight is 187 g/mol. The third-order valence-corrected chi connectivity index (χ3v) is 2.82. The van der Waals surface area contributed by atoms with E-state index >= 15 is 0 Å². The molecule has 3 heteroatoms. The molecule has 0 heterocycles. The molecule has 3 nitrogen and oxygen atoms in total. The topological polar surface area (TPSA) is 55.5 Å². The Labute approximate surface area is 80.3 Å². The van der Waals surface area contributed by atoms with Crippen LogP contribution in [0, 0.1) is 5.92 Å². The van der Waals surface area contributed by atoms with E-state index in [9.17, 15) is 0 Å². The Hall–Kier alpha value is -0.120. The van der Waals surface area contributed by atoms with Gasteiger partial charge in [0.1, 0.15) is 0 Å². The largest absolute Gasteiger partial charge is 0.391 e. The Morgan fingerprint density at radius 3 is 2.77 bits per heavy atom. The van der Waals surface area contributed by atoms with Crippen LogP contribution in [0.2, 0.25) is 0 Å². The van der Waals surface area contributed by atoms with Crippen molar-refractivity contribution in [3.8, 4) is 0 Å². The van der Waals surface area contributed by atoms with Crippen LogP contribution in [-0.4, -0.2) is 30.0 Å². The first-order valence-corrected chi connectivity index (χ1v) is 5.10. The SMILES string of the molecule is CC(O)COC1(CN)CCC(C)C1. The van der Waals surface area contributed by atoms with E-state index < -0.39 is 0 Å². The van der Waals surface area contributed by atoms with Crippen LogP contribution >= 0.6 is 0 Å². The minimum atomic E-state index is -0.390. The van der Waals surface area contributed by atoms with Crippen molar-refractivity contribution in [2.24, 2.45) is 11.7 Å². The standard InChI is InChI=1S/C10H21NO2/c1-8-3-4-10(5-8,7-11)13-6-9(2)12/h8-9,12H,3-7,11H2,1-2H3. The normalized spacial score (nSPS) is 36.5.